The number of hydrogen-bond acceptors (Lipinski definition) is 3. The van der Waals surface area contributed by atoms with E-state index in [0.29, 0.717) is 6.04 Å². The summed E-state index contributed by atoms with van der Waals surface area (Å²) in [7, 11) is 0. The van der Waals surface area contributed by atoms with Gasteiger partial charge in [-0.05, 0) is 32.6 Å². The number of carbonyl (C=O) groups excluding carboxylic acids is 1. The Bertz CT molecular complexity index is 327. The Balaban J connectivity index is 2.04. The van der Waals surface area contributed by atoms with Gasteiger partial charge in [0.2, 0.25) is 5.91 Å². The van der Waals surface area contributed by atoms with Gasteiger partial charge < -0.3 is 10.6 Å². The average Bonchev–Trinajstić information content (AvgIpc) is 2.53. The highest BCUT2D eigenvalue weighted by Gasteiger charge is 2.43. The molecule has 0 radical (unpaired) electrons. The zero-order valence-electron chi connectivity index (χ0n) is 14.1. The van der Waals surface area contributed by atoms with Gasteiger partial charge in [-0.2, -0.15) is 0 Å². The van der Waals surface area contributed by atoms with Crippen LogP contribution in [0.15, 0.2) is 0 Å². The van der Waals surface area contributed by atoms with Gasteiger partial charge in [0.05, 0.1) is 6.04 Å². The zero-order valence-corrected chi connectivity index (χ0v) is 14.1. The van der Waals surface area contributed by atoms with E-state index < -0.39 is 0 Å². The number of piperazine rings is 1. The maximum absolute atomic E-state index is 12.6. The molecule has 1 saturated heterocycles. The van der Waals surface area contributed by atoms with Crippen LogP contribution >= 0.6 is 0 Å². The van der Waals surface area contributed by atoms with Crippen molar-refractivity contribution in [2.45, 2.75) is 83.3 Å². The third-order valence-corrected chi connectivity index (χ3v) is 5.56. The summed E-state index contributed by atoms with van der Waals surface area (Å²) >= 11 is 0. The van der Waals surface area contributed by atoms with Crippen LogP contribution in [0.5, 0.6) is 0 Å². The van der Waals surface area contributed by atoms with Gasteiger partial charge in [0.15, 0.2) is 0 Å². The lowest BCUT2D eigenvalue weighted by molar-refractivity contribution is -0.131. The first-order valence-corrected chi connectivity index (χ1v) is 8.91. The first-order valence-electron chi connectivity index (χ1n) is 8.91. The number of hydrogen-bond donors (Lipinski definition) is 2. The number of nitrogens with zero attached hydrogens (tertiary/aromatic N) is 1. The van der Waals surface area contributed by atoms with Crippen LogP contribution in [0.2, 0.25) is 0 Å². The van der Waals surface area contributed by atoms with Crippen LogP contribution in [0.1, 0.15) is 65.7 Å². The van der Waals surface area contributed by atoms with E-state index in [0.717, 1.165) is 32.5 Å². The number of carbonyl (C=O) groups is 1. The number of nitrogens with one attached hydrogen (secondary N) is 2. The van der Waals surface area contributed by atoms with E-state index in [1.165, 1.54) is 32.1 Å². The predicted octanol–water partition coefficient (Wildman–Crippen LogP) is 2.29. The highest BCUT2D eigenvalue weighted by Crippen LogP contribution is 2.35. The fourth-order valence-corrected chi connectivity index (χ4v) is 4.09. The minimum atomic E-state index is -0.00852. The molecule has 122 valence electrons. The summed E-state index contributed by atoms with van der Waals surface area (Å²) in [6.45, 7) is 9.44. The van der Waals surface area contributed by atoms with Crippen LogP contribution in [0.4, 0.5) is 0 Å². The lowest BCUT2D eigenvalue weighted by Crippen LogP contribution is -2.66. The molecular formula is C17H33N3O. The molecule has 1 unspecified atom stereocenters. The second kappa shape index (κ2) is 7.59. The molecule has 1 aliphatic carbocycles. The van der Waals surface area contributed by atoms with Crippen LogP contribution in [-0.4, -0.2) is 48.1 Å². The fourth-order valence-electron chi connectivity index (χ4n) is 4.09. The van der Waals surface area contributed by atoms with E-state index in [9.17, 15) is 4.79 Å². The monoisotopic (exact) mass is 295 g/mol. The van der Waals surface area contributed by atoms with E-state index in [-0.39, 0.29) is 17.5 Å². The largest absolute Gasteiger partial charge is 0.352 e. The van der Waals surface area contributed by atoms with Crippen LogP contribution in [0, 0.1) is 0 Å². The van der Waals surface area contributed by atoms with Gasteiger partial charge in [0, 0.05) is 31.2 Å². The van der Waals surface area contributed by atoms with Crippen molar-refractivity contribution in [3.8, 4) is 0 Å². The molecule has 2 aliphatic rings. The minimum Gasteiger partial charge on any atom is -0.352 e. The maximum Gasteiger partial charge on any atom is 0.237 e. The smallest absolute Gasteiger partial charge is 0.237 e. The van der Waals surface area contributed by atoms with E-state index in [4.69, 9.17) is 0 Å². The molecule has 2 fully saturated rings. The van der Waals surface area contributed by atoms with Gasteiger partial charge in [-0.3, -0.25) is 9.69 Å². The normalized spacial score (nSPS) is 24.2. The predicted molar refractivity (Wildman–Crippen MR) is 87.4 cm³/mol. The third-order valence-electron chi connectivity index (χ3n) is 5.56. The van der Waals surface area contributed by atoms with Crippen LogP contribution in [-0.2, 0) is 4.79 Å². The molecule has 0 aromatic carbocycles. The van der Waals surface area contributed by atoms with Crippen molar-refractivity contribution in [1.82, 2.24) is 15.5 Å². The Kier molecular flexibility index (Phi) is 6.06. The Labute approximate surface area is 130 Å². The highest BCUT2D eigenvalue weighted by molar-refractivity contribution is 5.81. The standard InChI is InChI=1S/C17H33N3O/c1-4-15(5-2)19-16(21)14(3)20-12-11-18-13-17(20)9-7-6-8-10-17/h14-15,18H,4-13H2,1-3H3,(H,19,21). The molecule has 0 aromatic rings. The van der Waals surface area contributed by atoms with Crippen LogP contribution in [0.25, 0.3) is 0 Å². The molecule has 21 heavy (non-hydrogen) atoms. The summed E-state index contributed by atoms with van der Waals surface area (Å²) < 4.78 is 0. The molecule has 4 nitrogen and oxygen atoms in total. The molecule has 1 heterocycles. The molecule has 1 aliphatic heterocycles. The molecule has 1 amide bonds. The second-order valence-electron chi connectivity index (χ2n) is 6.85. The van der Waals surface area contributed by atoms with E-state index >= 15 is 0 Å². The molecule has 1 atom stereocenters. The fraction of sp³-hybridized carbons (Fsp3) is 0.941. The molecule has 0 aromatic heterocycles. The molecule has 1 spiro atoms. The number of rotatable bonds is 5. The lowest BCUT2D eigenvalue weighted by atomic mass is 9.78. The Morgan fingerprint density at radius 1 is 1.24 bits per heavy atom. The minimum absolute atomic E-state index is 0.00852. The molecular weight excluding hydrogens is 262 g/mol. The van der Waals surface area contributed by atoms with Crippen molar-refractivity contribution < 1.29 is 4.79 Å². The second-order valence-corrected chi connectivity index (χ2v) is 6.85. The van der Waals surface area contributed by atoms with Gasteiger partial charge >= 0.3 is 0 Å². The van der Waals surface area contributed by atoms with E-state index in [2.05, 4.69) is 36.3 Å². The van der Waals surface area contributed by atoms with Crippen molar-refractivity contribution in [3.05, 3.63) is 0 Å². The van der Waals surface area contributed by atoms with Crippen molar-refractivity contribution in [3.63, 3.8) is 0 Å². The molecule has 2 rings (SSSR count). The van der Waals surface area contributed by atoms with E-state index in [1.54, 1.807) is 0 Å². The first kappa shape index (κ1) is 16.8. The quantitative estimate of drug-likeness (QED) is 0.818. The van der Waals surface area contributed by atoms with Gasteiger partial charge in [-0.15, -0.1) is 0 Å². The summed E-state index contributed by atoms with van der Waals surface area (Å²) in [5, 5.41) is 6.79. The Morgan fingerprint density at radius 2 is 1.90 bits per heavy atom. The molecule has 4 heteroatoms. The van der Waals surface area contributed by atoms with Gasteiger partial charge in [0.1, 0.15) is 0 Å². The Morgan fingerprint density at radius 3 is 2.52 bits per heavy atom. The van der Waals surface area contributed by atoms with Crippen molar-refractivity contribution in [1.29, 1.82) is 0 Å². The topological polar surface area (TPSA) is 44.4 Å². The summed E-state index contributed by atoms with van der Waals surface area (Å²) in [4.78, 5) is 15.1. The summed E-state index contributed by atoms with van der Waals surface area (Å²) in [5.41, 5.74) is 0.223. The summed E-state index contributed by atoms with van der Waals surface area (Å²) in [5.74, 6) is 0.218. The summed E-state index contributed by atoms with van der Waals surface area (Å²) in [6.07, 6.45) is 8.47. The van der Waals surface area contributed by atoms with Gasteiger partial charge in [-0.25, -0.2) is 0 Å². The zero-order chi connectivity index (χ0) is 15.3. The highest BCUT2D eigenvalue weighted by atomic mass is 16.2. The third kappa shape index (κ3) is 3.78. The number of amides is 1. The van der Waals surface area contributed by atoms with Gasteiger partial charge in [0.25, 0.3) is 0 Å². The summed E-state index contributed by atoms with van der Waals surface area (Å²) in [6, 6.07) is 0.316. The van der Waals surface area contributed by atoms with Crippen molar-refractivity contribution in [2.24, 2.45) is 0 Å². The maximum atomic E-state index is 12.6. The van der Waals surface area contributed by atoms with Crippen LogP contribution < -0.4 is 10.6 Å². The van der Waals surface area contributed by atoms with E-state index in [1.807, 2.05) is 0 Å². The van der Waals surface area contributed by atoms with Crippen molar-refractivity contribution >= 4 is 5.91 Å². The van der Waals surface area contributed by atoms with Crippen LogP contribution in [0.3, 0.4) is 0 Å². The van der Waals surface area contributed by atoms with Crippen molar-refractivity contribution in [2.75, 3.05) is 19.6 Å². The lowest BCUT2D eigenvalue weighted by Gasteiger charge is -2.52. The average molecular weight is 295 g/mol. The molecule has 2 N–H and O–H groups in total. The Hall–Kier alpha value is -0.610. The molecule has 1 saturated carbocycles. The molecule has 0 bridgehead atoms. The SMILES string of the molecule is CCC(CC)NC(=O)C(C)N1CCNCC12CCCCC2. The van der Waals surface area contributed by atoms with Gasteiger partial charge in [-0.1, -0.05) is 33.1 Å². The first-order chi connectivity index (χ1) is 10.1.